The van der Waals surface area contributed by atoms with Crippen LogP contribution in [0.1, 0.15) is 91.4 Å². The zero-order valence-electron chi connectivity index (χ0n) is 13.5. The van der Waals surface area contributed by atoms with Gasteiger partial charge in [-0.25, -0.2) is 0 Å². The van der Waals surface area contributed by atoms with Crippen LogP contribution in [0.2, 0.25) is 0 Å². The SMILES string of the molecule is CCCCCCCCCCCCNC(C)CC(C)=O. The normalized spacial score (nSPS) is 12.6. The molecule has 0 rings (SSSR count). The summed E-state index contributed by atoms with van der Waals surface area (Å²) in [7, 11) is 0. The van der Waals surface area contributed by atoms with Crippen molar-refractivity contribution in [2.24, 2.45) is 0 Å². The van der Waals surface area contributed by atoms with E-state index >= 15 is 0 Å². The Morgan fingerprint density at radius 2 is 1.37 bits per heavy atom. The van der Waals surface area contributed by atoms with Gasteiger partial charge in [-0.15, -0.1) is 0 Å². The zero-order chi connectivity index (χ0) is 14.3. The second kappa shape index (κ2) is 14.0. The molecule has 0 amide bonds. The lowest BCUT2D eigenvalue weighted by Gasteiger charge is -2.11. The topological polar surface area (TPSA) is 29.1 Å². The monoisotopic (exact) mass is 269 g/mol. The molecule has 0 saturated heterocycles. The van der Waals surface area contributed by atoms with Gasteiger partial charge in [-0.05, 0) is 26.8 Å². The Balaban J connectivity index is 3.08. The molecule has 0 fully saturated rings. The van der Waals surface area contributed by atoms with Crippen LogP contribution in [0.5, 0.6) is 0 Å². The van der Waals surface area contributed by atoms with Gasteiger partial charge in [0.2, 0.25) is 0 Å². The molecule has 1 unspecified atom stereocenters. The maximum Gasteiger partial charge on any atom is 0.131 e. The van der Waals surface area contributed by atoms with E-state index in [4.69, 9.17) is 0 Å². The molecule has 0 bridgehead atoms. The van der Waals surface area contributed by atoms with Crippen molar-refractivity contribution in [2.45, 2.75) is 97.4 Å². The summed E-state index contributed by atoms with van der Waals surface area (Å²) in [5.41, 5.74) is 0. The number of rotatable bonds is 14. The Bertz CT molecular complexity index is 203. The van der Waals surface area contributed by atoms with E-state index in [-0.39, 0.29) is 5.78 Å². The number of nitrogens with one attached hydrogen (secondary N) is 1. The van der Waals surface area contributed by atoms with E-state index in [2.05, 4.69) is 19.2 Å². The van der Waals surface area contributed by atoms with Gasteiger partial charge in [0.25, 0.3) is 0 Å². The minimum Gasteiger partial charge on any atom is -0.314 e. The Morgan fingerprint density at radius 3 is 1.84 bits per heavy atom. The molecular formula is C17H35NO. The van der Waals surface area contributed by atoms with Crippen LogP contribution in [-0.2, 0) is 4.79 Å². The van der Waals surface area contributed by atoms with E-state index < -0.39 is 0 Å². The van der Waals surface area contributed by atoms with Gasteiger partial charge in [0.05, 0.1) is 0 Å². The van der Waals surface area contributed by atoms with Crippen LogP contribution in [-0.4, -0.2) is 18.4 Å². The predicted octanol–water partition coefficient (Wildman–Crippen LogP) is 4.86. The molecule has 0 saturated carbocycles. The summed E-state index contributed by atoms with van der Waals surface area (Å²) in [6, 6.07) is 0.344. The van der Waals surface area contributed by atoms with Crippen LogP contribution in [0.3, 0.4) is 0 Å². The first-order chi connectivity index (χ1) is 9.16. The summed E-state index contributed by atoms with van der Waals surface area (Å²) in [6.45, 7) is 7.09. The standard InChI is InChI=1S/C17H35NO/c1-4-5-6-7-8-9-10-11-12-13-14-18-16(2)15-17(3)19/h16,18H,4-15H2,1-3H3. The number of hydrogen-bond acceptors (Lipinski definition) is 2. The number of carbonyl (C=O) groups is 1. The van der Waals surface area contributed by atoms with Crippen molar-refractivity contribution in [2.75, 3.05) is 6.54 Å². The van der Waals surface area contributed by atoms with Crippen LogP contribution in [0.15, 0.2) is 0 Å². The van der Waals surface area contributed by atoms with Gasteiger partial charge in [0, 0.05) is 12.5 Å². The van der Waals surface area contributed by atoms with Crippen molar-refractivity contribution in [3.05, 3.63) is 0 Å². The maximum atomic E-state index is 10.9. The molecule has 19 heavy (non-hydrogen) atoms. The summed E-state index contributed by atoms with van der Waals surface area (Å²) < 4.78 is 0. The lowest BCUT2D eigenvalue weighted by molar-refractivity contribution is -0.117. The molecule has 0 spiro atoms. The highest BCUT2D eigenvalue weighted by Gasteiger charge is 2.03. The molecule has 0 aromatic rings. The van der Waals surface area contributed by atoms with Crippen molar-refractivity contribution in [1.29, 1.82) is 0 Å². The Hall–Kier alpha value is -0.370. The van der Waals surface area contributed by atoms with E-state index in [0.29, 0.717) is 12.5 Å². The second-order valence-electron chi connectivity index (χ2n) is 5.94. The molecule has 0 aromatic heterocycles. The number of ketones is 1. The van der Waals surface area contributed by atoms with Gasteiger partial charge in [-0.2, -0.15) is 0 Å². The molecule has 1 N–H and O–H groups in total. The van der Waals surface area contributed by atoms with E-state index in [9.17, 15) is 4.79 Å². The van der Waals surface area contributed by atoms with Crippen molar-refractivity contribution in [3.8, 4) is 0 Å². The molecule has 1 atom stereocenters. The fourth-order valence-corrected chi connectivity index (χ4v) is 2.46. The Labute approximate surface area is 120 Å². The Morgan fingerprint density at radius 1 is 0.895 bits per heavy atom. The summed E-state index contributed by atoms with van der Waals surface area (Å²) >= 11 is 0. The van der Waals surface area contributed by atoms with E-state index in [1.807, 2.05) is 0 Å². The molecule has 0 aromatic carbocycles. The first-order valence-corrected chi connectivity index (χ1v) is 8.39. The maximum absolute atomic E-state index is 10.9. The minimum atomic E-state index is 0.281. The van der Waals surface area contributed by atoms with Gasteiger partial charge in [0.1, 0.15) is 5.78 Å². The van der Waals surface area contributed by atoms with Crippen molar-refractivity contribution >= 4 is 5.78 Å². The van der Waals surface area contributed by atoms with Crippen LogP contribution in [0.25, 0.3) is 0 Å². The van der Waals surface area contributed by atoms with Gasteiger partial charge >= 0.3 is 0 Å². The largest absolute Gasteiger partial charge is 0.314 e. The average molecular weight is 269 g/mol. The predicted molar refractivity (Wildman–Crippen MR) is 84.6 cm³/mol. The van der Waals surface area contributed by atoms with Crippen molar-refractivity contribution in [3.63, 3.8) is 0 Å². The molecule has 0 aliphatic heterocycles. The minimum absolute atomic E-state index is 0.281. The Kier molecular flexibility index (Phi) is 13.8. The highest BCUT2D eigenvalue weighted by atomic mass is 16.1. The summed E-state index contributed by atoms with van der Waals surface area (Å²) in [5, 5.41) is 3.42. The lowest BCUT2D eigenvalue weighted by Crippen LogP contribution is -2.28. The fraction of sp³-hybridized carbons (Fsp3) is 0.941. The van der Waals surface area contributed by atoms with Gasteiger partial charge in [-0.1, -0.05) is 64.7 Å². The number of Topliss-reactive ketones (excluding diaryl/α,β-unsaturated/α-hetero) is 1. The summed E-state index contributed by atoms with van der Waals surface area (Å²) in [6.07, 6.45) is 14.5. The third-order valence-corrected chi connectivity index (χ3v) is 3.62. The molecule has 0 heterocycles. The van der Waals surface area contributed by atoms with Crippen LogP contribution in [0, 0.1) is 0 Å². The second-order valence-corrected chi connectivity index (χ2v) is 5.94. The first-order valence-electron chi connectivity index (χ1n) is 8.39. The smallest absolute Gasteiger partial charge is 0.131 e. The third kappa shape index (κ3) is 15.6. The number of unbranched alkanes of at least 4 members (excludes halogenated alkanes) is 9. The highest BCUT2D eigenvalue weighted by Crippen LogP contribution is 2.10. The van der Waals surface area contributed by atoms with Gasteiger partial charge in [0.15, 0.2) is 0 Å². The molecule has 2 heteroatoms. The molecule has 0 aliphatic rings. The molecule has 2 nitrogen and oxygen atoms in total. The van der Waals surface area contributed by atoms with E-state index in [0.717, 1.165) is 6.54 Å². The zero-order valence-corrected chi connectivity index (χ0v) is 13.5. The van der Waals surface area contributed by atoms with E-state index in [1.54, 1.807) is 6.92 Å². The van der Waals surface area contributed by atoms with Gasteiger partial charge < -0.3 is 5.32 Å². The molecular weight excluding hydrogens is 234 g/mol. The van der Waals surface area contributed by atoms with Crippen molar-refractivity contribution < 1.29 is 4.79 Å². The molecule has 0 radical (unpaired) electrons. The highest BCUT2D eigenvalue weighted by molar-refractivity contribution is 5.76. The third-order valence-electron chi connectivity index (χ3n) is 3.62. The quantitative estimate of drug-likeness (QED) is 0.456. The summed E-state index contributed by atoms with van der Waals surface area (Å²) in [4.78, 5) is 10.9. The van der Waals surface area contributed by atoms with Crippen LogP contribution < -0.4 is 5.32 Å². The molecule has 0 aliphatic carbocycles. The lowest BCUT2D eigenvalue weighted by atomic mass is 10.1. The number of hydrogen-bond donors (Lipinski definition) is 1. The van der Waals surface area contributed by atoms with E-state index in [1.165, 1.54) is 64.2 Å². The number of carbonyl (C=O) groups excluding carboxylic acids is 1. The van der Waals surface area contributed by atoms with Gasteiger partial charge in [-0.3, -0.25) is 4.79 Å². The average Bonchev–Trinajstić information content (AvgIpc) is 2.35. The fourth-order valence-electron chi connectivity index (χ4n) is 2.46. The first kappa shape index (κ1) is 18.6. The van der Waals surface area contributed by atoms with Crippen LogP contribution >= 0.6 is 0 Å². The summed E-state index contributed by atoms with van der Waals surface area (Å²) in [5.74, 6) is 0.281. The van der Waals surface area contributed by atoms with Crippen molar-refractivity contribution in [1.82, 2.24) is 5.32 Å². The molecule has 114 valence electrons. The van der Waals surface area contributed by atoms with Crippen LogP contribution in [0.4, 0.5) is 0 Å².